The van der Waals surface area contributed by atoms with Crippen molar-refractivity contribution in [2.75, 3.05) is 50.0 Å². The predicted octanol–water partition coefficient (Wildman–Crippen LogP) is 2.35. The number of hydrogen-bond donors (Lipinski definition) is 1. The summed E-state index contributed by atoms with van der Waals surface area (Å²) < 4.78 is 0. The highest BCUT2D eigenvalue weighted by Gasteiger charge is 2.28. The zero-order chi connectivity index (χ0) is 19.2. The summed E-state index contributed by atoms with van der Waals surface area (Å²) in [5.41, 5.74) is 2.45. The van der Waals surface area contributed by atoms with Crippen LogP contribution in [0.4, 0.5) is 17.3 Å². The van der Waals surface area contributed by atoms with E-state index in [0.717, 1.165) is 39.0 Å². The second-order valence-corrected chi connectivity index (χ2v) is 6.79. The molecule has 0 aliphatic carbocycles. The molecule has 0 radical (unpaired) electrons. The molecule has 0 bridgehead atoms. The number of hydrogen-bond acceptors (Lipinski definition) is 7. The van der Waals surface area contributed by atoms with Crippen LogP contribution in [-0.4, -0.2) is 59.6 Å². The van der Waals surface area contributed by atoms with E-state index in [1.807, 2.05) is 11.9 Å². The Morgan fingerprint density at radius 3 is 2.41 bits per heavy atom. The standard InChI is InChI=1S/C19H26N6O2/c1-3-15-4-6-16(7-5-15)8-9-20-18-17(25(26)27)19(22-14-21-18)24-12-10-23(2)11-13-24/h4-7,14H,3,8-13H2,1-2H3,(H,20,21,22). The lowest BCUT2D eigenvalue weighted by molar-refractivity contribution is -0.383. The number of aryl methyl sites for hydroxylation is 1. The van der Waals surface area contributed by atoms with Crippen LogP contribution >= 0.6 is 0 Å². The smallest absolute Gasteiger partial charge is 0.353 e. The minimum Gasteiger partial charge on any atom is -0.364 e. The summed E-state index contributed by atoms with van der Waals surface area (Å²) in [6.45, 7) is 5.86. The fourth-order valence-corrected chi connectivity index (χ4v) is 3.18. The maximum absolute atomic E-state index is 11.7. The van der Waals surface area contributed by atoms with Crippen LogP contribution in [-0.2, 0) is 12.8 Å². The third-order valence-corrected chi connectivity index (χ3v) is 4.93. The van der Waals surface area contributed by atoms with Crippen LogP contribution in [0, 0.1) is 10.1 Å². The molecule has 3 rings (SSSR count). The van der Waals surface area contributed by atoms with Gasteiger partial charge in [-0.3, -0.25) is 10.1 Å². The van der Waals surface area contributed by atoms with Crippen molar-refractivity contribution in [1.29, 1.82) is 0 Å². The first-order valence-electron chi connectivity index (χ1n) is 9.33. The molecule has 1 fully saturated rings. The van der Waals surface area contributed by atoms with Crippen molar-refractivity contribution in [3.63, 3.8) is 0 Å². The molecule has 1 saturated heterocycles. The molecule has 27 heavy (non-hydrogen) atoms. The number of nitrogens with one attached hydrogen (secondary N) is 1. The molecule has 1 aliphatic rings. The van der Waals surface area contributed by atoms with Crippen LogP contribution in [0.15, 0.2) is 30.6 Å². The maximum Gasteiger partial charge on any atom is 0.353 e. The first-order chi connectivity index (χ1) is 13.1. The molecule has 144 valence electrons. The largest absolute Gasteiger partial charge is 0.364 e. The molecule has 8 heteroatoms. The lowest BCUT2D eigenvalue weighted by Crippen LogP contribution is -2.45. The van der Waals surface area contributed by atoms with E-state index in [9.17, 15) is 10.1 Å². The van der Waals surface area contributed by atoms with Crippen LogP contribution in [0.1, 0.15) is 18.1 Å². The zero-order valence-electron chi connectivity index (χ0n) is 15.9. The first kappa shape index (κ1) is 19.0. The van der Waals surface area contributed by atoms with Gasteiger partial charge in [-0.1, -0.05) is 31.2 Å². The average molecular weight is 370 g/mol. The molecule has 0 unspecified atom stereocenters. The fraction of sp³-hybridized carbons (Fsp3) is 0.474. The number of nitro groups is 1. The van der Waals surface area contributed by atoms with Gasteiger partial charge in [0, 0.05) is 32.7 Å². The van der Waals surface area contributed by atoms with Crippen molar-refractivity contribution in [1.82, 2.24) is 14.9 Å². The highest BCUT2D eigenvalue weighted by molar-refractivity contribution is 5.70. The molecule has 0 saturated carbocycles. The van der Waals surface area contributed by atoms with Crippen LogP contribution < -0.4 is 10.2 Å². The van der Waals surface area contributed by atoms with E-state index >= 15 is 0 Å². The minimum atomic E-state index is -0.383. The molecule has 2 aromatic rings. The first-order valence-corrected chi connectivity index (χ1v) is 9.33. The molecule has 1 N–H and O–H groups in total. The molecule has 2 heterocycles. The predicted molar refractivity (Wildman–Crippen MR) is 106 cm³/mol. The van der Waals surface area contributed by atoms with E-state index in [1.54, 1.807) is 0 Å². The van der Waals surface area contributed by atoms with Gasteiger partial charge in [-0.25, -0.2) is 9.97 Å². The second kappa shape index (κ2) is 8.77. The van der Waals surface area contributed by atoms with Gasteiger partial charge in [-0.05, 0) is 31.0 Å². The molecule has 1 aromatic carbocycles. The van der Waals surface area contributed by atoms with Crippen molar-refractivity contribution in [3.8, 4) is 0 Å². The molecule has 1 aromatic heterocycles. The van der Waals surface area contributed by atoms with E-state index in [-0.39, 0.29) is 16.4 Å². The molecular formula is C19H26N6O2. The Bertz CT molecular complexity index is 772. The maximum atomic E-state index is 11.7. The zero-order valence-corrected chi connectivity index (χ0v) is 15.9. The van der Waals surface area contributed by atoms with Gasteiger partial charge in [0.2, 0.25) is 11.6 Å². The van der Waals surface area contributed by atoms with Crippen LogP contribution in [0.25, 0.3) is 0 Å². The molecule has 8 nitrogen and oxygen atoms in total. The van der Waals surface area contributed by atoms with Gasteiger partial charge in [0.25, 0.3) is 0 Å². The lowest BCUT2D eigenvalue weighted by atomic mass is 10.1. The quantitative estimate of drug-likeness (QED) is 0.591. The fourth-order valence-electron chi connectivity index (χ4n) is 3.18. The number of piperazine rings is 1. The summed E-state index contributed by atoms with van der Waals surface area (Å²) in [5.74, 6) is 0.687. The van der Waals surface area contributed by atoms with Gasteiger partial charge in [0.1, 0.15) is 6.33 Å². The molecule has 0 amide bonds. The number of benzene rings is 1. The number of rotatable bonds is 7. The van der Waals surface area contributed by atoms with Crippen LogP contribution in [0.3, 0.4) is 0 Å². The summed E-state index contributed by atoms with van der Waals surface area (Å²) >= 11 is 0. The second-order valence-electron chi connectivity index (χ2n) is 6.79. The normalized spacial score (nSPS) is 15.0. The highest BCUT2D eigenvalue weighted by atomic mass is 16.6. The number of likely N-dealkylation sites (N-methyl/N-ethyl adjacent to an activating group) is 1. The third-order valence-electron chi connectivity index (χ3n) is 4.93. The van der Waals surface area contributed by atoms with E-state index < -0.39 is 0 Å². The number of aromatic nitrogens is 2. The van der Waals surface area contributed by atoms with Gasteiger partial charge in [-0.2, -0.15) is 0 Å². The Labute approximate surface area is 159 Å². The van der Waals surface area contributed by atoms with Gasteiger partial charge in [0.15, 0.2) is 0 Å². The molecule has 0 spiro atoms. The van der Waals surface area contributed by atoms with Crippen molar-refractivity contribution < 1.29 is 4.92 Å². The van der Waals surface area contributed by atoms with E-state index in [0.29, 0.717) is 12.4 Å². The summed E-state index contributed by atoms with van der Waals surface area (Å²) in [6.07, 6.45) is 3.19. The van der Waals surface area contributed by atoms with E-state index in [1.165, 1.54) is 17.5 Å². The Kier molecular flexibility index (Phi) is 6.18. The SMILES string of the molecule is CCc1ccc(CCNc2ncnc(N3CCN(C)CC3)c2[N+](=O)[O-])cc1. The lowest BCUT2D eigenvalue weighted by Gasteiger charge is -2.32. The third kappa shape index (κ3) is 4.71. The molecule has 0 atom stereocenters. The number of nitrogens with zero attached hydrogens (tertiary/aromatic N) is 5. The monoisotopic (exact) mass is 370 g/mol. The van der Waals surface area contributed by atoms with E-state index in [2.05, 4.69) is 51.4 Å². The molecule has 1 aliphatic heterocycles. The summed E-state index contributed by atoms with van der Waals surface area (Å²) in [7, 11) is 2.05. The Morgan fingerprint density at radius 2 is 1.78 bits per heavy atom. The van der Waals surface area contributed by atoms with Crippen molar-refractivity contribution in [2.24, 2.45) is 0 Å². The van der Waals surface area contributed by atoms with Gasteiger partial charge in [0.05, 0.1) is 4.92 Å². The van der Waals surface area contributed by atoms with Gasteiger partial charge < -0.3 is 15.1 Å². The number of anilines is 2. The van der Waals surface area contributed by atoms with Crippen molar-refractivity contribution in [2.45, 2.75) is 19.8 Å². The average Bonchev–Trinajstić information content (AvgIpc) is 2.69. The van der Waals surface area contributed by atoms with Crippen molar-refractivity contribution >= 4 is 17.3 Å². The Hall–Kier alpha value is -2.74. The topological polar surface area (TPSA) is 87.4 Å². The van der Waals surface area contributed by atoms with E-state index in [4.69, 9.17) is 0 Å². The summed E-state index contributed by atoms with van der Waals surface area (Å²) in [6, 6.07) is 8.44. The Balaban J connectivity index is 1.70. The van der Waals surface area contributed by atoms with Crippen LogP contribution in [0.5, 0.6) is 0 Å². The van der Waals surface area contributed by atoms with Crippen LogP contribution in [0.2, 0.25) is 0 Å². The minimum absolute atomic E-state index is 0.0385. The van der Waals surface area contributed by atoms with Gasteiger partial charge in [-0.15, -0.1) is 0 Å². The summed E-state index contributed by atoms with van der Waals surface area (Å²) in [4.78, 5) is 23.8. The highest BCUT2D eigenvalue weighted by Crippen LogP contribution is 2.32. The Morgan fingerprint density at radius 1 is 1.11 bits per heavy atom. The van der Waals surface area contributed by atoms with Crippen molar-refractivity contribution in [3.05, 3.63) is 51.8 Å². The molecular weight excluding hydrogens is 344 g/mol. The summed E-state index contributed by atoms with van der Waals surface area (Å²) in [5, 5.41) is 14.8. The van der Waals surface area contributed by atoms with Gasteiger partial charge >= 0.3 is 5.69 Å².